The normalized spacial score (nSPS) is 14.6. The number of amides is 1. The van der Waals surface area contributed by atoms with Crippen LogP contribution in [0.5, 0.6) is 0 Å². The number of carbonyl (C=O) groups excluding carboxylic acids is 1. The second-order valence-corrected chi connectivity index (χ2v) is 4.52. The van der Waals surface area contributed by atoms with E-state index >= 15 is 0 Å². The Morgan fingerprint density at radius 2 is 2.19 bits per heavy atom. The summed E-state index contributed by atoms with van der Waals surface area (Å²) in [5.41, 5.74) is 0.396. The molecule has 1 aromatic carbocycles. The van der Waals surface area contributed by atoms with Crippen LogP contribution in [0.25, 0.3) is 0 Å². The molecule has 0 heterocycles. The first-order chi connectivity index (χ1) is 7.58. The van der Waals surface area contributed by atoms with Gasteiger partial charge < -0.3 is 5.32 Å². The van der Waals surface area contributed by atoms with Gasteiger partial charge in [-0.25, -0.2) is 0 Å². The minimum absolute atomic E-state index is 0.0325. The van der Waals surface area contributed by atoms with Gasteiger partial charge in [0.25, 0.3) is 11.6 Å². The summed E-state index contributed by atoms with van der Waals surface area (Å²) in [5, 5.41) is 13.3. The molecule has 84 valence electrons. The van der Waals surface area contributed by atoms with E-state index in [1.807, 2.05) is 0 Å². The summed E-state index contributed by atoms with van der Waals surface area (Å²) in [6.07, 6.45) is 2.02. The third-order valence-electron chi connectivity index (χ3n) is 2.32. The van der Waals surface area contributed by atoms with Crippen molar-refractivity contribution in [2.24, 2.45) is 0 Å². The molecule has 1 N–H and O–H groups in total. The van der Waals surface area contributed by atoms with E-state index in [0.29, 0.717) is 10.0 Å². The number of nitro benzene ring substituents is 1. The average Bonchev–Trinajstić information content (AvgIpc) is 3.01. The first-order valence-electron chi connectivity index (χ1n) is 4.83. The molecule has 5 nitrogen and oxygen atoms in total. The topological polar surface area (TPSA) is 72.2 Å². The Bertz CT molecular complexity index is 457. The summed E-state index contributed by atoms with van der Waals surface area (Å²) in [7, 11) is 0. The van der Waals surface area contributed by atoms with Crippen LogP contribution in [0.1, 0.15) is 23.2 Å². The summed E-state index contributed by atoms with van der Waals surface area (Å²) in [4.78, 5) is 21.7. The lowest BCUT2D eigenvalue weighted by atomic mass is 10.2. The van der Waals surface area contributed by atoms with E-state index in [1.54, 1.807) is 0 Å². The highest BCUT2D eigenvalue weighted by Crippen LogP contribution is 2.25. The van der Waals surface area contributed by atoms with Gasteiger partial charge in [0.15, 0.2) is 0 Å². The van der Waals surface area contributed by atoms with Gasteiger partial charge in [-0.2, -0.15) is 0 Å². The van der Waals surface area contributed by atoms with Gasteiger partial charge in [-0.05, 0) is 34.8 Å². The van der Waals surface area contributed by atoms with E-state index in [-0.39, 0.29) is 17.6 Å². The van der Waals surface area contributed by atoms with Gasteiger partial charge in [0.2, 0.25) is 0 Å². The molecule has 1 aliphatic rings. The summed E-state index contributed by atoms with van der Waals surface area (Å²) >= 11 is 3.16. The van der Waals surface area contributed by atoms with Gasteiger partial charge in [-0.1, -0.05) is 0 Å². The monoisotopic (exact) mass is 284 g/mol. The zero-order valence-electron chi connectivity index (χ0n) is 8.27. The Morgan fingerprint density at radius 3 is 2.69 bits per heavy atom. The molecule has 0 saturated heterocycles. The second kappa shape index (κ2) is 4.21. The molecule has 2 rings (SSSR count). The fourth-order valence-electron chi connectivity index (χ4n) is 1.29. The predicted molar refractivity (Wildman–Crippen MR) is 61.3 cm³/mol. The van der Waals surface area contributed by atoms with Crippen LogP contribution in [0.2, 0.25) is 0 Å². The zero-order valence-corrected chi connectivity index (χ0v) is 9.86. The number of rotatable bonds is 3. The fourth-order valence-corrected chi connectivity index (χ4v) is 1.84. The quantitative estimate of drug-likeness (QED) is 0.683. The maximum Gasteiger partial charge on any atom is 0.270 e. The van der Waals surface area contributed by atoms with E-state index in [1.165, 1.54) is 18.2 Å². The molecule has 1 saturated carbocycles. The van der Waals surface area contributed by atoms with Crippen LogP contribution in [0.4, 0.5) is 5.69 Å². The van der Waals surface area contributed by atoms with Crippen molar-refractivity contribution >= 4 is 27.5 Å². The first-order valence-corrected chi connectivity index (χ1v) is 5.62. The lowest BCUT2D eigenvalue weighted by molar-refractivity contribution is -0.384. The Labute approximate surface area is 100 Å². The average molecular weight is 285 g/mol. The van der Waals surface area contributed by atoms with Gasteiger partial charge in [0.05, 0.1) is 10.5 Å². The summed E-state index contributed by atoms with van der Waals surface area (Å²) in [6.45, 7) is 0. The molecule has 0 aliphatic heterocycles. The van der Waals surface area contributed by atoms with Crippen molar-refractivity contribution in [3.05, 3.63) is 38.3 Å². The Hall–Kier alpha value is -1.43. The van der Waals surface area contributed by atoms with Crippen molar-refractivity contribution < 1.29 is 9.72 Å². The molecule has 1 aliphatic carbocycles. The third-order valence-corrected chi connectivity index (χ3v) is 2.98. The number of nitrogens with one attached hydrogen (secondary N) is 1. The summed E-state index contributed by atoms with van der Waals surface area (Å²) in [5.74, 6) is -0.190. The highest BCUT2D eigenvalue weighted by Gasteiger charge is 2.25. The van der Waals surface area contributed by atoms with E-state index in [4.69, 9.17) is 0 Å². The Kier molecular flexibility index (Phi) is 2.91. The van der Waals surface area contributed by atoms with Crippen molar-refractivity contribution in [2.75, 3.05) is 0 Å². The van der Waals surface area contributed by atoms with Crippen LogP contribution in [0.15, 0.2) is 22.7 Å². The smallest absolute Gasteiger partial charge is 0.270 e. The van der Waals surface area contributed by atoms with Crippen molar-refractivity contribution in [1.29, 1.82) is 0 Å². The second-order valence-electron chi connectivity index (χ2n) is 3.67. The molecule has 0 aromatic heterocycles. The van der Waals surface area contributed by atoms with Crippen molar-refractivity contribution in [2.45, 2.75) is 18.9 Å². The Morgan fingerprint density at radius 1 is 1.50 bits per heavy atom. The molecule has 1 fully saturated rings. The zero-order chi connectivity index (χ0) is 11.7. The Balaban J connectivity index is 2.20. The highest BCUT2D eigenvalue weighted by molar-refractivity contribution is 9.10. The lowest BCUT2D eigenvalue weighted by Crippen LogP contribution is -2.25. The molecule has 0 bridgehead atoms. The maximum atomic E-state index is 11.7. The van der Waals surface area contributed by atoms with Crippen LogP contribution in [0, 0.1) is 10.1 Å². The van der Waals surface area contributed by atoms with Gasteiger partial charge in [-0.3, -0.25) is 14.9 Å². The number of hydrogen-bond donors (Lipinski definition) is 1. The van der Waals surface area contributed by atoms with Crippen LogP contribution >= 0.6 is 15.9 Å². The van der Waals surface area contributed by atoms with Gasteiger partial charge in [0.1, 0.15) is 0 Å². The number of nitrogens with zero attached hydrogens (tertiary/aromatic N) is 1. The van der Waals surface area contributed by atoms with Crippen LogP contribution in [-0.2, 0) is 0 Å². The summed E-state index contributed by atoms with van der Waals surface area (Å²) < 4.78 is 0.444. The standard InChI is InChI=1S/C10H9BrN2O3/c11-9-5-7(13(15)16)3-4-8(9)10(14)12-6-1-2-6/h3-6H,1-2H2,(H,12,14). The molecule has 0 atom stereocenters. The first kappa shape index (κ1) is 11.1. The highest BCUT2D eigenvalue weighted by atomic mass is 79.9. The van der Waals surface area contributed by atoms with E-state index in [9.17, 15) is 14.9 Å². The number of halogens is 1. The molecule has 1 aromatic rings. The number of nitro groups is 1. The van der Waals surface area contributed by atoms with Gasteiger partial charge in [0, 0.05) is 22.6 Å². The maximum absolute atomic E-state index is 11.7. The predicted octanol–water partition coefficient (Wildman–Crippen LogP) is 2.25. The van der Waals surface area contributed by atoms with Crippen LogP contribution < -0.4 is 5.32 Å². The van der Waals surface area contributed by atoms with Gasteiger partial charge >= 0.3 is 0 Å². The number of non-ortho nitro benzene ring substituents is 1. The number of carbonyl (C=O) groups is 1. The van der Waals surface area contributed by atoms with Crippen molar-refractivity contribution in [1.82, 2.24) is 5.32 Å². The fraction of sp³-hybridized carbons (Fsp3) is 0.300. The van der Waals surface area contributed by atoms with Crippen LogP contribution in [-0.4, -0.2) is 16.9 Å². The number of benzene rings is 1. The minimum Gasteiger partial charge on any atom is -0.349 e. The third kappa shape index (κ3) is 2.38. The molecular formula is C10H9BrN2O3. The van der Waals surface area contributed by atoms with Crippen LogP contribution in [0.3, 0.4) is 0 Å². The molecule has 0 unspecified atom stereocenters. The molecule has 1 amide bonds. The van der Waals surface area contributed by atoms with E-state index < -0.39 is 4.92 Å². The largest absolute Gasteiger partial charge is 0.349 e. The van der Waals surface area contributed by atoms with Gasteiger partial charge in [-0.15, -0.1) is 0 Å². The molecule has 6 heteroatoms. The van der Waals surface area contributed by atoms with E-state index in [0.717, 1.165) is 12.8 Å². The van der Waals surface area contributed by atoms with E-state index in [2.05, 4.69) is 21.2 Å². The molecule has 0 radical (unpaired) electrons. The SMILES string of the molecule is O=C(NC1CC1)c1ccc([N+](=O)[O-])cc1Br. The molecule has 16 heavy (non-hydrogen) atoms. The molecule has 0 spiro atoms. The minimum atomic E-state index is -0.493. The lowest BCUT2D eigenvalue weighted by Gasteiger charge is -2.04. The summed E-state index contributed by atoms with van der Waals surface area (Å²) in [6, 6.07) is 4.39. The number of hydrogen-bond acceptors (Lipinski definition) is 3. The van der Waals surface area contributed by atoms with Crippen molar-refractivity contribution in [3.63, 3.8) is 0 Å². The molecular weight excluding hydrogens is 276 g/mol. The van der Waals surface area contributed by atoms with Crippen molar-refractivity contribution in [3.8, 4) is 0 Å².